The number of carbonyl (C=O) groups excluding carboxylic acids is 2. The molecule has 2 rings (SSSR count). The fourth-order valence-corrected chi connectivity index (χ4v) is 3.15. The predicted octanol–water partition coefficient (Wildman–Crippen LogP) is 4.37. The third-order valence-corrected chi connectivity index (χ3v) is 4.79. The van der Waals surface area contributed by atoms with Gasteiger partial charge in [-0.05, 0) is 55.9 Å². The van der Waals surface area contributed by atoms with Gasteiger partial charge in [0.1, 0.15) is 5.82 Å². The highest BCUT2D eigenvalue weighted by Gasteiger charge is 2.20. The summed E-state index contributed by atoms with van der Waals surface area (Å²) in [5.41, 5.74) is 2.13. The van der Waals surface area contributed by atoms with Crippen LogP contribution >= 0.6 is 0 Å². The quantitative estimate of drug-likeness (QED) is 0.386. The van der Waals surface area contributed by atoms with Crippen molar-refractivity contribution in [2.45, 2.75) is 39.0 Å². The van der Waals surface area contributed by atoms with E-state index in [1.807, 2.05) is 0 Å². The number of ether oxygens (including phenoxy) is 1. The molecule has 1 aromatic rings. The molecule has 146 valence electrons. The number of carbonyl (C=O) groups is 2. The Hall–Kier alpha value is -2.43. The highest BCUT2D eigenvalue weighted by molar-refractivity contribution is 5.92. The molecule has 1 aliphatic rings. The van der Waals surface area contributed by atoms with Crippen LogP contribution in [0.15, 0.2) is 42.0 Å². The zero-order valence-electron chi connectivity index (χ0n) is 16.1. The second kappa shape index (κ2) is 10.7. The molecule has 0 fully saturated rings. The number of hydrogen-bond donors (Lipinski definition) is 0. The molecular formula is C22H28FNO3. The van der Waals surface area contributed by atoms with E-state index in [0.717, 1.165) is 24.8 Å². The van der Waals surface area contributed by atoms with Crippen LogP contribution < -0.4 is 0 Å². The smallest absolute Gasteiger partial charge is 0.310 e. The van der Waals surface area contributed by atoms with Gasteiger partial charge in [0.25, 0.3) is 0 Å². The zero-order chi connectivity index (χ0) is 19.6. The predicted molar refractivity (Wildman–Crippen MR) is 104 cm³/mol. The monoisotopic (exact) mass is 373 g/mol. The van der Waals surface area contributed by atoms with E-state index in [1.165, 1.54) is 43.7 Å². The first-order valence-corrected chi connectivity index (χ1v) is 9.48. The Kier molecular flexibility index (Phi) is 8.24. The van der Waals surface area contributed by atoms with Crippen LogP contribution in [-0.2, 0) is 14.3 Å². The first-order chi connectivity index (χ1) is 13.0. The van der Waals surface area contributed by atoms with Crippen molar-refractivity contribution < 1.29 is 18.7 Å². The zero-order valence-corrected chi connectivity index (χ0v) is 16.1. The summed E-state index contributed by atoms with van der Waals surface area (Å²) in [7, 11) is 1.35. The molecule has 0 radical (unpaired) electrons. The number of methoxy groups -OCH3 is 1. The summed E-state index contributed by atoms with van der Waals surface area (Å²) >= 11 is 0. The van der Waals surface area contributed by atoms with Crippen molar-refractivity contribution in [1.82, 2.24) is 4.90 Å². The Labute approximate surface area is 160 Å². The maximum absolute atomic E-state index is 13.0. The van der Waals surface area contributed by atoms with Crippen LogP contribution in [0.4, 0.5) is 4.39 Å². The fraction of sp³-hybridized carbons (Fsp3) is 0.455. The molecule has 1 aromatic carbocycles. The summed E-state index contributed by atoms with van der Waals surface area (Å²) in [6.45, 7) is 2.64. The molecule has 1 amide bonds. The van der Waals surface area contributed by atoms with Crippen molar-refractivity contribution in [2.24, 2.45) is 5.92 Å². The summed E-state index contributed by atoms with van der Waals surface area (Å²) in [5.74, 6) is -1.19. The molecule has 0 aliphatic heterocycles. The molecule has 1 atom stereocenters. The summed E-state index contributed by atoms with van der Waals surface area (Å²) < 4.78 is 17.8. The van der Waals surface area contributed by atoms with Crippen LogP contribution in [0.2, 0.25) is 0 Å². The molecule has 0 bridgehead atoms. The number of nitrogens with zero attached hydrogens (tertiary/aromatic N) is 1. The van der Waals surface area contributed by atoms with Gasteiger partial charge in [0, 0.05) is 19.2 Å². The molecule has 0 saturated heterocycles. The van der Waals surface area contributed by atoms with Crippen LogP contribution in [0, 0.1) is 11.7 Å². The Balaban J connectivity index is 2.03. The van der Waals surface area contributed by atoms with E-state index in [1.54, 1.807) is 30.0 Å². The lowest BCUT2D eigenvalue weighted by Crippen LogP contribution is -2.37. The van der Waals surface area contributed by atoms with Gasteiger partial charge in [0.05, 0.1) is 13.0 Å². The van der Waals surface area contributed by atoms with E-state index < -0.39 is 5.92 Å². The van der Waals surface area contributed by atoms with Crippen LogP contribution in [0.3, 0.4) is 0 Å². The second-order valence-electron chi connectivity index (χ2n) is 6.95. The molecule has 4 nitrogen and oxygen atoms in total. The number of rotatable bonds is 8. The number of hydrogen-bond acceptors (Lipinski definition) is 3. The number of benzene rings is 1. The minimum absolute atomic E-state index is 0.161. The molecule has 0 aromatic heterocycles. The molecule has 0 saturated carbocycles. The number of esters is 1. The van der Waals surface area contributed by atoms with E-state index in [9.17, 15) is 14.0 Å². The lowest BCUT2D eigenvalue weighted by molar-refractivity contribution is -0.146. The average Bonchev–Trinajstić information content (AvgIpc) is 2.70. The topological polar surface area (TPSA) is 46.6 Å². The number of amides is 1. The van der Waals surface area contributed by atoms with Crippen LogP contribution in [0.5, 0.6) is 0 Å². The average molecular weight is 373 g/mol. The van der Waals surface area contributed by atoms with Crippen molar-refractivity contribution >= 4 is 18.0 Å². The fourth-order valence-electron chi connectivity index (χ4n) is 3.15. The maximum atomic E-state index is 13.0. The Morgan fingerprint density at radius 3 is 2.63 bits per heavy atom. The van der Waals surface area contributed by atoms with Crippen LogP contribution in [0.1, 0.15) is 44.6 Å². The van der Waals surface area contributed by atoms with Crippen molar-refractivity contribution in [3.8, 4) is 0 Å². The molecule has 0 spiro atoms. The largest absolute Gasteiger partial charge is 0.469 e. The van der Waals surface area contributed by atoms with E-state index in [2.05, 4.69) is 6.08 Å². The van der Waals surface area contributed by atoms with Crippen LogP contribution in [-0.4, -0.2) is 37.0 Å². The molecule has 5 heteroatoms. The second-order valence-corrected chi connectivity index (χ2v) is 6.95. The summed E-state index contributed by atoms with van der Waals surface area (Å²) in [6, 6.07) is 5.95. The molecule has 1 unspecified atom stereocenters. The highest BCUT2D eigenvalue weighted by atomic mass is 19.1. The lowest BCUT2D eigenvalue weighted by atomic mass is 9.97. The first-order valence-electron chi connectivity index (χ1n) is 9.48. The van der Waals surface area contributed by atoms with Gasteiger partial charge in [-0.25, -0.2) is 4.39 Å². The van der Waals surface area contributed by atoms with E-state index >= 15 is 0 Å². The number of allylic oxidation sites excluding steroid dienone is 1. The van der Waals surface area contributed by atoms with Crippen LogP contribution in [0.25, 0.3) is 6.08 Å². The molecule has 1 aliphatic carbocycles. The highest BCUT2D eigenvalue weighted by Crippen LogP contribution is 2.20. The van der Waals surface area contributed by atoms with Gasteiger partial charge >= 0.3 is 5.97 Å². The third kappa shape index (κ3) is 7.00. The Bertz CT molecular complexity index is 694. The minimum Gasteiger partial charge on any atom is -0.469 e. The summed E-state index contributed by atoms with van der Waals surface area (Å²) in [6.07, 6.45) is 10.8. The SMILES string of the molecule is COC(=O)C(C)CN(CCC1=CCCCC1)C(=O)/C=C/c1ccc(F)cc1. The summed E-state index contributed by atoms with van der Waals surface area (Å²) in [4.78, 5) is 26.1. The lowest BCUT2D eigenvalue weighted by Gasteiger charge is -2.25. The van der Waals surface area contributed by atoms with Gasteiger partial charge in [0.2, 0.25) is 5.91 Å². The van der Waals surface area contributed by atoms with Gasteiger partial charge in [-0.3, -0.25) is 9.59 Å². The van der Waals surface area contributed by atoms with Crippen molar-refractivity contribution in [1.29, 1.82) is 0 Å². The third-order valence-electron chi connectivity index (χ3n) is 4.79. The van der Waals surface area contributed by atoms with E-state index in [4.69, 9.17) is 4.74 Å². The van der Waals surface area contributed by atoms with Gasteiger partial charge in [-0.2, -0.15) is 0 Å². The van der Waals surface area contributed by atoms with Crippen molar-refractivity contribution in [3.05, 3.63) is 53.4 Å². The van der Waals surface area contributed by atoms with E-state index in [0.29, 0.717) is 13.1 Å². The van der Waals surface area contributed by atoms with Gasteiger partial charge in [-0.15, -0.1) is 0 Å². The maximum Gasteiger partial charge on any atom is 0.310 e. The minimum atomic E-state index is -0.390. The molecule has 27 heavy (non-hydrogen) atoms. The normalized spacial score (nSPS) is 15.3. The first kappa shape index (κ1) is 20.9. The Morgan fingerprint density at radius 1 is 1.26 bits per heavy atom. The Morgan fingerprint density at radius 2 is 2.00 bits per heavy atom. The standard InChI is InChI=1S/C22H28FNO3/c1-17(22(26)27-2)16-24(15-14-18-6-4-3-5-7-18)21(25)13-10-19-8-11-20(23)12-9-19/h6,8-13,17H,3-5,7,14-16H2,1-2H3/b13-10+. The summed E-state index contributed by atoms with van der Waals surface area (Å²) in [5, 5.41) is 0. The van der Waals surface area contributed by atoms with Gasteiger partial charge in [0.15, 0.2) is 0 Å². The van der Waals surface area contributed by atoms with Crippen molar-refractivity contribution in [2.75, 3.05) is 20.2 Å². The number of halogens is 1. The van der Waals surface area contributed by atoms with Gasteiger partial charge in [-0.1, -0.05) is 30.7 Å². The van der Waals surface area contributed by atoms with E-state index in [-0.39, 0.29) is 17.7 Å². The molecule has 0 heterocycles. The van der Waals surface area contributed by atoms with Crippen molar-refractivity contribution in [3.63, 3.8) is 0 Å². The van der Waals surface area contributed by atoms with Gasteiger partial charge < -0.3 is 9.64 Å². The molecule has 0 N–H and O–H groups in total. The molecular weight excluding hydrogens is 345 g/mol.